The van der Waals surface area contributed by atoms with Crippen LogP contribution in [0.2, 0.25) is 30.1 Å². The van der Waals surface area contributed by atoms with E-state index < -0.39 is 0 Å². The number of carbonyl (C=O) groups is 1. The van der Waals surface area contributed by atoms with Crippen molar-refractivity contribution in [3.05, 3.63) is 114 Å². The number of halogens is 6. The number of nitrogens with one attached hydrogen (secondary N) is 1. The molecule has 0 aliphatic carbocycles. The predicted molar refractivity (Wildman–Crippen MR) is 197 cm³/mol. The van der Waals surface area contributed by atoms with Gasteiger partial charge in [0, 0.05) is 78.3 Å². The highest BCUT2D eigenvalue weighted by Crippen LogP contribution is 2.44. The minimum absolute atomic E-state index is 0.0329. The lowest BCUT2D eigenvalue weighted by Crippen LogP contribution is -2.48. The highest BCUT2D eigenvalue weighted by molar-refractivity contribution is 7.99. The summed E-state index contributed by atoms with van der Waals surface area (Å²) in [5, 5.41) is 6.61. The molecule has 1 aliphatic heterocycles. The van der Waals surface area contributed by atoms with Gasteiger partial charge in [-0.25, -0.2) is 0 Å². The number of carbonyl (C=O) groups excluding carboxylic acids is 1. The van der Waals surface area contributed by atoms with Crippen molar-refractivity contribution in [1.29, 1.82) is 0 Å². The van der Waals surface area contributed by atoms with Gasteiger partial charge in [-0.15, -0.1) is 0 Å². The van der Waals surface area contributed by atoms with Gasteiger partial charge < -0.3 is 10.2 Å². The van der Waals surface area contributed by atoms with Crippen LogP contribution >= 0.6 is 93.1 Å². The second-order valence-electron chi connectivity index (χ2n) is 11.1. The molecule has 4 aromatic rings. The normalized spacial score (nSPS) is 14.8. The lowest BCUT2D eigenvalue weighted by molar-refractivity contribution is -0.122. The molecule has 4 nitrogen and oxygen atoms in total. The van der Waals surface area contributed by atoms with Crippen LogP contribution in [0.5, 0.6) is 0 Å². The minimum Gasteiger partial charge on any atom is -0.354 e. The Morgan fingerprint density at radius 3 is 1.83 bits per heavy atom. The minimum atomic E-state index is -0.221. The Balaban J connectivity index is 1.49. The molecular weight excluding hydrogens is 743 g/mol. The number of piperazine rings is 1. The van der Waals surface area contributed by atoms with Gasteiger partial charge in [0.2, 0.25) is 5.91 Å². The number of likely N-dealkylation sites (N-methyl/N-ethyl adjacent to an activating group) is 1. The second-order valence-corrected chi connectivity index (χ2v) is 15.8. The molecule has 1 heterocycles. The van der Waals surface area contributed by atoms with E-state index in [4.69, 9.17) is 69.6 Å². The van der Waals surface area contributed by atoms with Crippen LogP contribution in [0.15, 0.2) is 92.4 Å². The van der Waals surface area contributed by atoms with Crippen LogP contribution in [0.1, 0.15) is 17.0 Å². The fraction of sp³-hybridized carbons (Fsp3) is 0.265. The van der Waals surface area contributed by atoms with E-state index in [-0.39, 0.29) is 11.8 Å². The maximum absolute atomic E-state index is 13.3. The zero-order valence-electron chi connectivity index (χ0n) is 24.8. The summed E-state index contributed by atoms with van der Waals surface area (Å²) < 4.78 is 0. The molecule has 0 aromatic heterocycles. The van der Waals surface area contributed by atoms with Crippen LogP contribution in [-0.4, -0.2) is 62.0 Å². The van der Waals surface area contributed by atoms with Crippen molar-refractivity contribution in [2.45, 2.75) is 31.9 Å². The van der Waals surface area contributed by atoms with Crippen molar-refractivity contribution in [1.82, 2.24) is 15.1 Å². The lowest BCUT2D eigenvalue weighted by Gasteiger charge is -2.32. The molecule has 12 heteroatoms. The monoisotopic (exact) mass is 771 g/mol. The summed E-state index contributed by atoms with van der Waals surface area (Å²) in [4.78, 5) is 21.4. The molecule has 0 spiro atoms. The first kappa shape index (κ1) is 36.0. The largest absolute Gasteiger partial charge is 0.354 e. The molecule has 5 rings (SSSR count). The van der Waals surface area contributed by atoms with E-state index in [0.717, 1.165) is 56.9 Å². The maximum Gasteiger partial charge on any atom is 0.234 e. The second kappa shape index (κ2) is 16.9. The van der Waals surface area contributed by atoms with Gasteiger partial charge in [-0.2, -0.15) is 0 Å². The first-order chi connectivity index (χ1) is 22.0. The van der Waals surface area contributed by atoms with Crippen LogP contribution in [0, 0.1) is 0 Å². The summed E-state index contributed by atoms with van der Waals surface area (Å²) in [5.41, 5.74) is 1.85. The molecule has 0 saturated carbocycles. The zero-order valence-corrected chi connectivity index (χ0v) is 31.0. The Hall–Kier alpha value is -1.29. The van der Waals surface area contributed by atoms with Crippen LogP contribution in [0.25, 0.3) is 0 Å². The topological polar surface area (TPSA) is 35.6 Å². The van der Waals surface area contributed by atoms with Crippen molar-refractivity contribution in [2.75, 3.05) is 46.3 Å². The van der Waals surface area contributed by atoms with Crippen LogP contribution in [-0.2, 0) is 11.2 Å². The van der Waals surface area contributed by atoms with Gasteiger partial charge in [0.05, 0.1) is 16.6 Å². The quantitative estimate of drug-likeness (QED) is 0.164. The van der Waals surface area contributed by atoms with E-state index in [1.807, 2.05) is 60.7 Å². The standard InChI is InChI=1S/C34H31Cl6N3OS2/c1-42-10-12-43(13-11-42)20-32(44)41-19-22(29-16-26(38)18-31(40)34(29)46-28-8-4-24(36)5-9-28)14-21-15-25(37)17-30(39)33(21)45-27-6-2-23(35)3-7-27/h2-9,15-18,22H,10-14,19-20H2,1H3,(H,41,44). The molecule has 1 amide bonds. The summed E-state index contributed by atoms with van der Waals surface area (Å²) >= 11 is 42.3. The third kappa shape index (κ3) is 10.1. The van der Waals surface area contributed by atoms with Gasteiger partial charge >= 0.3 is 0 Å². The first-order valence-electron chi connectivity index (χ1n) is 14.6. The summed E-state index contributed by atoms with van der Waals surface area (Å²) in [6.45, 7) is 4.27. The van der Waals surface area contributed by atoms with Gasteiger partial charge in [-0.05, 0) is 97.4 Å². The molecular formula is C34H31Cl6N3OS2. The molecule has 1 saturated heterocycles. The molecule has 1 unspecified atom stereocenters. The number of hydrogen-bond acceptors (Lipinski definition) is 5. The highest BCUT2D eigenvalue weighted by Gasteiger charge is 2.25. The van der Waals surface area contributed by atoms with Gasteiger partial charge in [0.15, 0.2) is 0 Å². The van der Waals surface area contributed by atoms with E-state index in [1.54, 1.807) is 23.9 Å². The Morgan fingerprint density at radius 1 is 0.717 bits per heavy atom. The van der Waals surface area contributed by atoms with Crippen LogP contribution < -0.4 is 5.32 Å². The van der Waals surface area contributed by atoms with E-state index >= 15 is 0 Å². The molecule has 4 aromatic carbocycles. The third-order valence-electron chi connectivity index (χ3n) is 7.60. The van der Waals surface area contributed by atoms with E-state index in [1.165, 1.54) is 11.8 Å². The average Bonchev–Trinajstić information content (AvgIpc) is 3.01. The zero-order chi connectivity index (χ0) is 32.8. The number of benzene rings is 4. The van der Waals surface area contributed by atoms with Gasteiger partial charge in [0.1, 0.15) is 0 Å². The SMILES string of the molecule is CN1CCN(CC(=O)NCC(Cc2cc(Cl)cc(Cl)c2Sc2ccc(Cl)cc2)c2cc(Cl)cc(Cl)c2Sc2ccc(Cl)cc2)CC1. The fourth-order valence-electron chi connectivity index (χ4n) is 5.17. The van der Waals surface area contributed by atoms with Crippen molar-refractivity contribution in [3.63, 3.8) is 0 Å². The maximum atomic E-state index is 13.3. The van der Waals surface area contributed by atoms with Crippen molar-refractivity contribution >= 4 is 99.0 Å². The molecule has 242 valence electrons. The molecule has 1 fully saturated rings. The Bertz CT molecular complexity index is 1670. The average molecular weight is 774 g/mol. The Kier molecular flexibility index (Phi) is 13.2. The number of rotatable bonds is 11. The van der Waals surface area contributed by atoms with Crippen LogP contribution in [0.3, 0.4) is 0 Å². The number of amides is 1. The van der Waals surface area contributed by atoms with Crippen molar-refractivity contribution in [2.24, 2.45) is 0 Å². The Labute approximate surface area is 309 Å². The third-order valence-corrected chi connectivity index (χ3v) is 11.7. The first-order valence-corrected chi connectivity index (χ1v) is 18.5. The van der Waals surface area contributed by atoms with Crippen molar-refractivity contribution in [3.8, 4) is 0 Å². The molecule has 0 bridgehead atoms. The highest BCUT2D eigenvalue weighted by atomic mass is 35.5. The summed E-state index contributed by atoms with van der Waals surface area (Å²) in [5.74, 6) is -0.254. The van der Waals surface area contributed by atoms with Crippen LogP contribution in [0.4, 0.5) is 0 Å². The lowest BCUT2D eigenvalue weighted by atomic mass is 9.91. The summed E-state index contributed by atoms with van der Waals surface area (Å²) in [6, 6.07) is 22.5. The van der Waals surface area contributed by atoms with E-state index in [0.29, 0.717) is 49.6 Å². The summed E-state index contributed by atoms with van der Waals surface area (Å²) in [6.07, 6.45) is 0.510. The van der Waals surface area contributed by atoms with E-state index in [9.17, 15) is 4.79 Å². The van der Waals surface area contributed by atoms with Gasteiger partial charge in [-0.3, -0.25) is 9.69 Å². The molecule has 1 aliphatic rings. The van der Waals surface area contributed by atoms with Crippen molar-refractivity contribution < 1.29 is 4.79 Å². The smallest absolute Gasteiger partial charge is 0.234 e. The predicted octanol–water partition coefficient (Wildman–Crippen LogP) is 10.6. The van der Waals surface area contributed by atoms with Gasteiger partial charge in [0.25, 0.3) is 0 Å². The molecule has 1 N–H and O–H groups in total. The number of nitrogens with zero attached hydrogens (tertiary/aromatic N) is 2. The Morgan fingerprint density at radius 2 is 1.24 bits per heavy atom. The van der Waals surface area contributed by atoms with E-state index in [2.05, 4.69) is 22.2 Å². The number of hydrogen-bond donors (Lipinski definition) is 1. The molecule has 46 heavy (non-hydrogen) atoms. The summed E-state index contributed by atoms with van der Waals surface area (Å²) in [7, 11) is 2.10. The molecule has 0 radical (unpaired) electrons. The van der Waals surface area contributed by atoms with Gasteiger partial charge in [-0.1, -0.05) is 93.1 Å². The molecule has 1 atom stereocenters. The fourth-order valence-corrected chi connectivity index (χ4v) is 8.64.